The van der Waals surface area contributed by atoms with Crippen molar-refractivity contribution in [1.82, 2.24) is 4.57 Å². The maximum absolute atomic E-state index is 10.4. The first-order valence-corrected chi connectivity index (χ1v) is 7.55. The third-order valence-corrected chi connectivity index (χ3v) is 4.53. The van der Waals surface area contributed by atoms with Gasteiger partial charge in [-0.3, -0.25) is 5.41 Å². The second-order valence-electron chi connectivity index (χ2n) is 4.70. The van der Waals surface area contributed by atoms with E-state index >= 15 is 0 Å². The van der Waals surface area contributed by atoms with E-state index in [9.17, 15) is 10.2 Å². The van der Waals surface area contributed by atoms with Gasteiger partial charge in [0.05, 0.1) is 16.8 Å². The Balaban J connectivity index is 2.00. The van der Waals surface area contributed by atoms with E-state index in [1.54, 1.807) is 16.7 Å². The minimum atomic E-state index is -0.934. The number of fused-ring (bicyclic) bond motifs is 1. The van der Waals surface area contributed by atoms with Crippen molar-refractivity contribution in [2.24, 2.45) is 0 Å². The first-order chi connectivity index (χ1) is 10.1. The van der Waals surface area contributed by atoms with Crippen molar-refractivity contribution in [3.8, 4) is 5.75 Å². The molecule has 21 heavy (non-hydrogen) atoms. The molecular weight excluding hydrogens is 308 g/mol. The Morgan fingerprint density at radius 1 is 1.24 bits per heavy atom. The van der Waals surface area contributed by atoms with Gasteiger partial charge in [0, 0.05) is 10.6 Å². The van der Waals surface area contributed by atoms with Gasteiger partial charge in [-0.1, -0.05) is 35.1 Å². The monoisotopic (exact) mass is 320 g/mol. The maximum atomic E-state index is 10.4. The van der Waals surface area contributed by atoms with Crippen molar-refractivity contribution < 1.29 is 10.2 Å². The zero-order chi connectivity index (χ0) is 15.0. The van der Waals surface area contributed by atoms with Crippen molar-refractivity contribution in [2.75, 3.05) is 0 Å². The van der Waals surface area contributed by atoms with Crippen LogP contribution in [0.15, 0.2) is 42.5 Å². The zero-order valence-electron chi connectivity index (χ0n) is 11.0. The summed E-state index contributed by atoms with van der Waals surface area (Å²) in [5.41, 5.74) is 1.26. The van der Waals surface area contributed by atoms with Gasteiger partial charge >= 0.3 is 0 Å². The van der Waals surface area contributed by atoms with Crippen molar-refractivity contribution in [1.29, 1.82) is 5.41 Å². The average Bonchev–Trinajstić information content (AvgIpc) is 2.78. The number of phenolic OH excluding ortho intramolecular Hbond substituents is 1. The molecule has 1 aromatic heterocycles. The minimum Gasteiger partial charge on any atom is -0.508 e. The lowest BCUT2D eigenvalue weighted by Gasteiger charge is -2.14. The molecule has 0 aliphatic heterocycles. The number of aromatic nitrogens is 1. The summed E-state index contributed by atoms with van der Waals surface area (Å²) >= 11 is 7.26. The van der Waals surface area contributed by atoms with Crippen molar-refractivity contribution in [3.05, 3.63) is 57.9 Å². The Kier molecular flexibility index (Phi) is 3.71. The Hall–Kier alpha value is -1.82. The number of benzene rings is 2. The second kappa shape index (κ2) is 5.52. The summed E-state index contributed by atoms with van der Waals surface area (Å²) in [5.74, 6) is -0.00133. The first kappa shape index (κ1) is 14.1. The van der Waals surface area contributed by atoms with E-state index in [0.29, 0.717) is 15.4 Å². The smallest absolute Gasteiger partial charge is 0.183 e. The van der Waals surface area contributed by atoms with Crippen LogP contribution in [0.1, 0.15) is 11.7 Å². The van der Waals surface area contributed by atoms with Gasteiger partial charge in [-0.2, -0.15) is 0 Å². The summed E-state index contributed by atoms with van der Waals surface area (Å²) in [6.45, 7) is 0.191. The molecule has 0 saturated carbocycles. The fourth-order valence-corrected chi connectivity index (χ4v) is 3.38. The van der Waals surface area contributed by atoms with Crippen LogP contribution in [0.4, 0.5) is 0 Å². The largest absolute Gasteiger partial charge is 0.508 e. The van der Waals surface area contributed by atoms with Crippen LogP contribution in [0.25, 0.3) is 10.2 Å². The van der Waals surface area contributed by atoms with Crippen molar-refractivity contribution >= 4 is 33.2 Å². The summed E-state index contributed by atoms with van der Waals surface area (Å²) in [6.07, 6.45) is -0.934. The molecule has 0 spiro atoms. The Bertz CT molecular complexity index is 856. The number of aliphatic hydroxyl groups excluding tert-OH is 1. The lowest BCUT2D eigenvalue weighted by molar-refractivity contribution is 0.153. The molecule has 0 saturated heterocycles. The minimum absolute atomic E-state index is 0.00133. The van der Waals surface area contributed by atoms with Gasteiger partial charge in [-0.15, -0.1) is 0 Å². The molecule has 1 unspecified atom stereocenters. The predicted molar refractivity (Wildman–Crippen MR) is 83.7 cm³/mol. The number of nitrogens with one attached hydrogen (secondary N) is 1. The van der Waals surface area contributed by atoms with E-state index in [2.05, 4.69) is 0 Å². The van der Waals surface area contributed by atoms with Gasteiger partial charge in [0.1, 0.15) is 11.9 Å². The van der Waals surface area contributed by atoms with Gasteiger partial charge in [0.25, 0.3) is 0 Å². The summed E-state index contributed by atoms with van der Waals surface area (Å²) in [5, 5.41) is 28.7. The number of thiazole rings is 1. The number of rotatable bonds is 3. The number of nitrogens with zero attached hydrogens (tertiary/aromatic N) is 1. The highest BCUT2D eigenvalue weighted by molar-refractivity contribution is 7.16. The first-order valence-electron chi connectivity index (χ1n) is 6.35. The lowest BCUT2D eigenvalue weighted by Crippen LogP contribution is -2.18. The highest BCUT2D eigenvalue weighted by atomic mass is 35.5. The SMILES string of the molecule is N=c1sc2ccccc2n1CC(O)c1cc(Cl)ccc1O. The van der Waals surface area contributed by atoms with E-state index < -0.39 is 6.10 Å². The highest BCUT2D eigenvalue weighted by Gasteiger charge is 2.16. The summed E-state index contributed by atoms with van der Waals surface area (Å²) in [4.78, 5) is 0.358. The van der Waals surface area contributed by atoms with Crippen LogP contribution in [-0.4, -0.2) is 14.8 Å². The Morgan fingerprint density at radius 3 is 2.81 bits per heavy atom. The van der Waals surface area contributed by atoms with E-state index in [0.717, 1.165) is 10.2 Å². The molecule has 0 aliphatic rings. The molecule has 3 aromatic rings. The Labute approximate surface area is 130 Å². The summed E-state index contributed by atoms with van der Waals surface area (Å²) < 4.78 is 2.72. The van der Waals surface area contributed by atoms with Crippen LogP contribution < -0.4 is 4.80 Å². The van der Waals surface area contributed by atoms with Crippen LogP contribution in [-0.2, 0) is 6.54 Å². The molecule has 0 aliphatic carbocycles. The molecule has 1 heterocycles. The number of aromatic hydroxyl groups is 1. The fourth-order valence-electron chi connectivity index (χ4n) is 2.28. The Morgan fingerprint density at radius 2 is 2.00 bits per heavy atom. The van der Waals surface area contributed by atoms with E-state index in [4.69, 9.17) is 17.0 Å². The molecule has 4 nitrogen and oxygen atoms in total. The van der Waals surface area contributed by atoms with Gasteiger partial charge < -0.3 is 14.8 Å². The molecule has 0 fully saturated rings. The van der Waals surface area contributed by atoms with Crippen LogP contribution in [0, 0.1) is 5.41 Å². The number of para-hydroxylation sites is 1. The molecule has 108 valence electrons. The topological polar surface area (TPSA) is 69.2 Å². The normalized spacial score (nSPS) is 12.7. The molecule has 1 atom stereocenters. The lowest BCUT2D eigenvalue weighted by atomic mass is 10.1. The van der Waals surface area contributed by atoms with E-state index in [1.807, 2.05) is 24.3 Å². The molecule has 0 amide bonds. The van der Waals surface area contributed by atoms with Crippen LogP contribution in [0.3, 0.4) is 0 Å². The van der Waals surface area contributed by atoms with Crippen molar-refractivity contribution in [2.45, 2.75) is 12.6 Å². The fraction of sp³-hybridized carbons (Fsp3) is 0.133. The third-order valence-electron chi connectivity index (χ3n) is 3.31. The van der Waals surface area contributed by atoms with Crippen molar-refractivity contribution in [3.63, 3.8) is 0 Å². The summed E-state index contributed by atoms with van der Waals surface area (Å²) in [7, 11) is 0. The van der Waals surface area contributed by atoms with Gasteiger partial charge in [0.2, 0.25) is 0 Å². The van der Waals surface area contributed by atoms with Crippen LogP contribution in [0.5, 0.6) is 5.75 Å². The molecular formula is C15H13ClN2O2S. The van der Waals surface area contributed by atoms with Gasteiger partial charge in [-0.25, -0.2) is 0 Å². The molecule has 3 rings (SSSR count). The molecule has 6 heteroatoms. The van der Waals surface area contributed by atoms with Crippen LogP contribution >= 0.6 is 22.9 Å². The number of phenols is 1. The van der Waals surface area contributed by atoms with Gasteiger partial charge in [0.15, 0.2) is 4.80 Å². The molecule has 0 bridgehead atoms. The number of aliphatic hydroxyl groups is 1. The number of hydrogen-bond acceptors (Lipinski definition) is 4. The molecule has 3 N–H and O–H groups in total. The summed E-state index contributed by atoms with van der Waals surface area (Å²) in [6, 6.07) is 12.2. The quantitative estimate of drug-likeness (QED) is 0.693. The van der Waals surface area contributed by atoms with E-state index in [1.165, 1.54) is 17.4 Å². The number of hydrogen-bond donors (Lipinski definition) is 3. The third kappa shape index (κ3) is 2.68. The van der Waals surface area contributed by atoms with Crippen LogP contribution in [0.2, 0.25) is 5.02 Å². The number of halogens is 1. The highest BCUT2D eigenvalue weighted by Crippen LogP contribution is 2.29. The maximum Gasteiger partial charge on any atom is 0.183 e. The zero-order valence-corrected chi connectivity index (χ0v) is 12.5. The predicted octanol–water partition coefficient (Wildman–Crippen LogP) is 3.27. The molecule has 0 radical (unpaired) electrons. The van der Waals surface area contributed by atoms with Gasteiger partial charge in [-0.05, 0) is 30.3 Å². The second-order valence-corrected chi connectivity index (χ2v) is 6.17. The average molecular weight is 321 g/mol. The van der Waals surface area contributed by atoms with E-state index in [-0.39, 0.29) is 12.3 Å². The standard InChI is InChI=1S/C15H13ClN2O2S/c16-9-5-6-12(19)10(7-9)13(20)8-18-11-3-1-2-4-14(11)21-15(18)17/h1-7,13,17,19-20H,8H2. The molecule has 2 aromatic carbocycles.